The van der Waals surface area contributed by atoms with Crippen LogP contribution in [0.5, 0.6) is 5.75 Å². The van der Waals surface area contributed by atoms with Crippen LogP contribution in [0.3, 0.4) is 0 Å². The van der Waals surface area contributed by atoms with Crippen LogP contribution in [0, 0.1) is 11.3 Å². The smallest absolute Gasteiger partial charge is 0.141 e. The van der Waals surface area contributed by atoms with Crippen LogP contribution in [0.1, 0.15) is 37.8 Å². The molecule has 0 heterocycles. The molecular formula is C13H19N3O. The Hall–Kier alpha value is -1.57. The average Bonchev–Trinajstić information content (AvgIpc) is 2.36. The highest BCUT2D eigenvalue weighted by molar-refractivity contribution is 5.43. The molecule has 0 spiro atoms. The van der Waals surface area contributed by atoms with E-state index in [1.807, 2.05) is 18.2 Å². The Bertz CT molecular complexity index is 437. The van der Waals surface area contributed by atoms with Crippen LogP contribution >= 0.6 is 0 Å². The van der Waals surface area contributed by atoms with Gasteiger partial charge in [-0.25, -0.2) is 5.43 Å². The third-order valence-corrected chi connectivity index (χ3v) is 2.94. The maximum atomic E-state index is 9.17. The van der Waals surface area contributed by atoms with E-state index < -0.39 is 5.54 Å². The van der Waals surface area contributed by atoms with Gasteiger partial charge in [-0.05, 0) is 36.1 Å². The molecule has 0 saturated carbocycles. The van der Waals surface area contributed by atoms with Crippen molar-refractivity contribution in [1.29, 1.82) is 5.26 Å². The van der Waals surface area contributed by atoms with Gasteiger partial charge in [0.1, 0.15) is 11.3 Å². The summed E-state index contributed by atoms with van der Waals surface area (Å²) in [5, 5.41) is 9.17. The SMILES string of the molecule is COc1ccc(C(C)(C#N)NN)cc1C(C)C. The molecule has 92 valence electrons. The topological polar surface area (TPSA) is 71.1 Å². The van der Waals surface area contributed by atoms with Crippen LogP contribution in [0.2, 0.25) is 0 Å². The van der Waals surface area contributed by atoms with Crippen LogP contribution in [0.25, 0.3) is 0 Å². The molecule has 1 atom stereocenters. The molecule has 0 aliphatic carbocycles. The first-order valence-corrected chi connectivity index (χ1v) is 5.56. The fourth-order valence-corrected chi connectivity index (χ4v) is 1.68. The van der Waals surface area contributed by atoms with E-state index in [2.05, 4.69) is 25.3 Å². The lowest BCUT2D eigenvalue weighted by atomic mass is 9.90. The fraction of sp³-hybridized carbons (Fsp3) is 0.462. The molecule has 4 nitrogen and oxygen atoms in total. The van der Waals surface area contributed by atoms with Gasteiger partial charge in [0.25, 0.3) is 0 Å². The van der Waals surface area contributed by atoms with E-state index in [-0.39, 0.29) is 0 Å². The second kappa shape index (κ2) is 5.17. The maximum absolute atomic E-state index is 9.17. The molecule has 0 aromatic heterocycles. The lowest BCUT2D eigenvalue weighted by Gasteiger charge is -2.23. The van der Waals surface area contributed by atoms with Crippen LogP contribution in [-0.2, 0) is 5.54 Å². The Morgan fingerprint density at radius 3 is 2.53 bits per heavy atom. The van der Waals surface area contributed by atoms with Gasteiger partial charge in [-0.3, -0.25) is 5.84 Å². The van der Waals surface area contributed by atoms with E-state index in [1.54, 1.807) is 14.0 Å². The van der Waals surface area contributed by atoms with Crippen molar-refractivity contribution in [2.24, 2.45) is 5.84 Å². The summed E-state index contributed by atoms with van der Waals surface area (Å²) in [5.41, 5.74) is 3.58. The number of methoxy groups -OCH3 is 1. The minimum Gasteiger partial charge on any atom is -0.496 e. The van der Waals surface area contributed by atoms with E-state index in [1.165, 1.54) is 0 Å². The standard InChI is InChI=1S/C13H19N3O/c1-9(2)11-7-10(5-6-12(11)17-4)13(3,8-14)16-15/h5-7,9,16H,15H2,1-4H3. The van der Waals surface area contributed by atoms with E-state index in [9.17, 15) is 5.26 Å². The van der Waals surface area contributed by atoms with Crippen LogP contribution < -0.4 is 16.0 Å². The molecule has 3 N–H and O–H groups in total. The number of benzene rings is 1. The van der Waals surface area contributed by atoms with Crippen molar-refractivity contribution in [3.8, 4) is 11.8 Å². The monoisotopic (exact) mass is 233 g/mol. The lowest BCUT2D eigenvalue weighted by molar-refractivity contribution is 0.406. The van der Waals surface area contributed by atoms with Crippen molar-refractivity contribution in [3.63, 3.8) is 0 Å². The van der Waals surface area contributed by atoms with Gasteiger partial charge in [0.15, 0.2) is 0 Å². The Morgan fingerprint density at radius 2 is 2.12 bits per heavy atom. The fourth-order valence-electron chi connectivity index (χ4n) is 1.68. The number of hydrogen-bond donors (Lipinski definition) is 2. The van der Waals surface area contributed by atoms with Gasteiger partial charge in [0.05, 0.1) is 13.2 Å². The number of nitrogens with one attached hydrogen (secondary N) is 1. The number of hydrazine groups is 1. The molecule has 0 fully saturated rings. The third kappa shape index (κ3) is 2.57. The number of ether oxygens (including phenoxy) is 1. The zero-order valence-electron chi connectivity index (χ0n) is 10.7. The van der Waals surface area contributed by atoms with Gasteiger partial charge in [0, 0.05) is 0 Å². The minimum atomic E-state index is -0.879. The predicted molar refractivity (Wildman–Crippen MR) is 67.4 cm³/mol. The molecule has 1 aromatic rings. The van der Waals surface area contributed by atoms with Gasteiger partial charge >= 0.3 is 0 Å². The molecule has 0 saturated heterocycles. The largest absolute Gasteiger partial charge is 0.496 e. The van der Waals surface area contributed by atoms with Crippen molar-refractivity contribution < 1.29 is 4.74 Å². The number of nitrogens with two attached hydrogens (primary N) is 1. The van der Waals surface area contributed by atoms with Gasteiger partial charge in [-0.2, -0.15) is 5.26 Å². The highest BCUT2D eigenvalue weighted by atomic mass is 16.5. The zero-order valence-corrected chi connectivity index (χ0v) is 10.7. The van der Waals surface area contributed by atoms with E-state index >= 15 is 0 Å². The molecule has 17 heavy (non-hydrogen) atoms. The van der Waals surface area contributed by atoms with Gasteiger partial charge in [0.2, 0.25) is 0 Å². The van der Waals surface area contributed by atoms with Crippen LogP contribution in [-0.4, -0.2) is 7.11 Å². The molecule has 0 aliphatic heterocycles. The number of hydrogen-bond acceptors (Lipinski definition) is 4. The highest BCUT2D eigenvalue weighted by Gasteiger charge is 2.25. The van der Waals surface area contributed by atoms with Crippen molar-refractivity contribution >= 4 is 0 Å². The average molecular weight is 233 g/mol. The Balaban J connectivity index is 3.31. The van der Waals surface area contributed by atoms with Crippen molar-refractivity contribution in [2.45, 2.75) is 32.2 Å². The minimum absolute atomic E-state index is 0.325. The van der Waals surface area contributed by atoms with Crippen molar-refractivity contribution in [2.75, 3.05) is 7.11 Å². The summed E-state index contributed by atoms with van der Waals surface area (Å²) in [6.07, 6.45) is 0. The molecule has 0 aliphatic rings. The summed E-state index contributed by atoms with van der Waals surface area (Å²) in [5.74, 6) is 6.60. The quantitative estimate of drug-likeness (QED) is 0.616. The van der Waals surface area contributed by atoms with E-state index in [0.717, 1.165) is 16.9 Å². The van der Waals surface area contributed by atoms with Crippen molar-refractivity contribution in [3.05, 3.63) is 29.3 Å². The summed E-state index contributed by atoms with van der Waals surface area (Å²) in [6.45, 7) is 5.92. The molecule has 0 bridgehead atoms. The normalized spacial score (nSPS) is 14.2. The summed E-state index contributed by atoms with van der Waals surface area (Å²) in [4.78, 5) is 0. The second-order valence-electron chi connectivity index (χ2n) is 4.49. The summed E-state index contributed by atoms with van der Waals surface area (Å²) in [7, 11) is 1.64. The number of rotatable bonds is 4. The molecule has 1 aromatic carbocycles. The summed E-state index contributed by atoms with van der Waals surface area (Å²) in [6, 6.07) is 7.86. The number of nitriles is 1. The Labute approximate surface area is 102 Å². The van der Waals surface area contributed by atoms with E-state index in [0.29, 0.717) is 5.92 Å². The number of nitrogens with zero attached hydrogens (tertiary/aromatic N) is 1. The summed E-state index contributed by atoms with van der Waals surface area (Å²) >= 11 is 0. The molecule has 0 radical (unpaired) electrons. The van der Waals surface area contributed by atoms with Crippen molar-refractivity contribution in [1.82, 2.24) is 5.43 Å². The van der Waals surface area contributed by atoms with Crippen LogP contribution in [0.15, 0.2) is 18.2 Å². The Kier molecular flexibility index (Phi) is 4.11. The maximum Gasteiger partial charge on any atom is 0.141 e. The van der Waals surface area contributed by atoms with Gasteiger partial charge in [-0.15, -0.1) is 0 Å². The molecule has 4 heteroatoms. The molecule has 1 rings (SSSR count). The van der Waals surface area contributed by atoms with Gasteiger partial charge in [-0.1, -0.05) is 19.9 Å². The van der Waals surface area contributed by atoms with E-state index in [4.69, 9.17) is 10.6 Å². The zero-order chi connectivity index (χ0) is 13.1. The molecular weight excluding hydrogens is 214 g/mol. The predicted octanol–water partition coefficient (Wildman–Crippen LogP) is 2.02. The first kappa shape index (κ1) is 13.5. The first-order chi connectivity index (χ1) is 7.98. The Morgan fingerprint density at radius 1 is 1.47 bits per heavy atom. The summed E-state index contributed by atoms with van der Waals surface area (Å²) < 4.78 is 5.31. The third-order valence-electron chi connectivity index (χ3n) is 2.94. The molecule has 1 unspecified atom stereocenters. The first-order valence-electron chi connectivity index (χ1n) is 5.56. The second-order valence-corrected chi connectivity index (χ2v) is 4.49. The highest BCUT2D eigenvalue weighted by Crippen LogP contribution is 2.30. The lowest BCUT2D eigenvalue weighted by Crippen LogP contribution is -2.43. The molecule has 0 amide bonds. The van der Waals surface area contributed by atoms with Crippen LogP contribution in [0.4, 0.5) is 0 Å². The van der Waals surface area contributed by atoms with Gasteiger partial charge < -0.3 is 4.74 Å².